The number of benzene rings is 2. The standard InChI is InChI=1S/C17H13BrClN5/c1-2-23(13-5-3-4-11(18)8-13)16-14-7-6-12(19)9-15(14)24-10-20-22-17(24)21-16/h3-10H,2H2,1H3. The molecular formula is C17H13BrClN5. The summed E-state index contributed by atoms with van der Waals surface area (Å²) < 4.78 is 2.87. The highest BCUT2D eigenvalue weighted by molar-refractivity contribution is 9.10. The van der Waals surface area contributed by atoms with Crippen molar-refractivity contribution in [2.45, 2.75) is 6.92 Å². The number of rotatable bonds is 3. The number of nitrogens with zero attached hydrogens (tertiary/aromatic N) is 5. The van der Waals surface area contributed by atoms with E-state index in [9.17, 15) is 0 Å². The van der Waals surface area contributed by atoms with Crippen LogP contribution >= 0.6 is 27.5 Å². The predicted molar refractivity (Wildman–Crippen MR) is 100 cm³/mol. The third-order valence-electron chi connectivity index (χ3n) is 3.89. The van der Waals surface area contributed by atoms with Crippen molar-refractivity contribution in [1.82, 2.24) is 19.6 Å². The Kier molecular flexibility index (Phi) is 3.86. The van der Waals surface area contributed by atoms with Gasteiger partial charge < -0.3 is 4.90 Å². The molecule has 0 saturated heterocycles. The summed E-state index contributed by atoms with van der Waals surface area (Å²) in [5, 5.41) is 9.75. The van der Waals surface area contributed by atoms with Crippen molar-refractivity contribution < 1.29 is 0 Å². The fraction of sp³-hybridized carbons (Fsp3) is 0.118. The highest BCUT2D eigenvalue weighted by atomic mass is 79.9. The first-order chi connectivity index (χ1) is 11.7. The molecule has 120 valence electrons. The van der Waals surface area contributed by atoms with E-state index in [-0.39, 0.29) is 0 Å². The quantitative estimate of drug-likeness (QED) is 0.491. The number of hydrogen-bond donors (Lipinski definition) is 0. The normalized spacial score (nSPS) is 11.3. The predicted octanol–water partition coefficient (Wildman–Crippen LogP) is 4.85. The minimum absolute atomic E-state index is 0.549. The molecule has 4 rings (SSSR count). The molecule has 0 unspecified atom stereocenters. The molecule has 2 aromatic heterocycles. The lowest BCUT2D eigenvalue weighted by atomic mass is 10.2. The van der Waals surface area contributed by atoms with E-state index >= 15 is 0 Å². The Morgan fingerprint density at radius 2 is 2.08 bits per heavy atom. The van der Waals surface area contributed by atoms with Crippen LogP contribution in [0.3, 0.4) is 0 Å². The topological polar surface area (TPSA) is 46.3 Å². The van der Waals surface area contributed by atoms with E-state index in [1.165, 1.54) is 0 Å². The van der Waals surface area contributed by atoms with E-state index in [1.54, 1.807) is 6.33 Å². The van der Waals surface area contributed by atoms with Gasteiger partial charge in [0.1, 0.15) is 12.1 Å². The average molecular weight is 403 g/mol. The maximum atomic E-state index is 6.20. The molecule has 0 spiro atoms. The van der Waals surface area contributed by atoms with Crippen LogP contribution in [0, 0.1) is 0 Å². The Hall–Kier alpha value is -2.18. The molecule has 0 amide bonds. The molecule has 0 atom stereocenters. The summed E-state index contributed by atoms with van der Waals surface area (Å²) in [4.78, 5) is 6.88. The van der Waals surface area contributed by atoms with Gasteiger partial charge in [-0.25, -0.2) is 0 Å². The highest BCUT2D eigenvalue weighted by Crippen LogP contribution is 2.33. The first kappa shape index (κ1) is 15.4. The number of fused-ring (bicyclic) bond motifs is 3. The first-order valence-electron chi connectivity index (χ1n) is 7.49. The third-order valence-corrected chi connectivity index (χ3v) is 4.62. The van der Waals surface area contributed by atoms with Crippen LogP contribution in [0.5, 0.6) is 0 Å². The lowest BCUT2D eigenvalue weighted by Crippen LogP contribution is -2.18. The zero-order valence-electron chi connectivity index (χ0n) is 12.8. The van der Waals surface area contributed by atoms with Gasteiger partial charge in [-0.05, 0) is 43.3 Å². The third kappa shape index (κ3) is 2.52. The molecule has 0 saturated carbocycles. The second-order valence-electron chi connectivity index (χ2n) is 5.32. The van der Waals surface area contributed by atoms with E-state index in [1.807, 2.05) is 34.7 Å². The molecule has 0 N–H and O–H groups in total. The minimum Gasteiger partial charge on any atom is -0.326 e. The Labute approximate surface area is 152 Å². The summed E-state index contributed by atoms with van der Waals surface area (Å²) in [7, 11) is 0. The average Bonchev–Trinajstić information content (AvgIpc) is 3.04. The Morgan fingerprint density at radius 1 is 1.21 bits per heavy atom. The number of anilines is 2. The van der Waals surface area contributed by atoms with Crippen molar-refractivity contribution in [2.24, 2.45) is 0 Å². The Morgan fingerprint density at radius 3 is 2.88 bits per heavy atom. The maximum Gasteiger partial charge on any atom is 0.257 e. The molecule has 0 aliphatic heterocycles. The molecule has 0 aliphatic carbocycles. The molecule has 2 aromatic carbocycles. The molecule has 5 nitrogen and oxygen atoms in total. The van der Waals surface area contributed by atoms with Crippen molar-refractivity contribution in [3.05, 3.63) is 58.3 Å². The summed E-state index contributed by atoms with van der Waals surface area (Å²) in [6.07, 6.45) is 1.65. The number of halogens is 2. The zero-order chi connectivity index (χ0) is 16.7. The SMILES string of the molecule is CCN(c1cccc(Br)c1)c1nc2nncn2c2cc(Cl)ccc12. The Balaban J connectivity index is 2.03. The van der Waals surface area contributed by atoms with Crippen LogP contribution in [0.2, 0.25) is 5.02 Å². The molecule has 0 bridgehead atoms. The second-order valence-corrected chi connectivity index (χ2v) is 6.67. The summed E-state index contributed by atoms with van der Waals surface area (Å²) in [6, 6.07) is 13.9. The van der Waals surface area contributed by atoms with Crippen LogP contribution in [-0.4, -0.2) is 26.1 Å². The summed E-state index contributed by atoms with van der Waals surface area (Å²) >= 11 is 9.73. The van der Waals surface area contributed by atoms with E-state index in [0.29, 0.717) is 10.8 Å². The maximum absolute atomic E-state index is 6.20. The largest absolute Gasteiger partial charge is 0.326 e. The van der Waals surface area contributed by atoms with Gasteiger partial charge in [-0.2, -0.15) is 4.98 Å². The Bertz CT molecular complexity index is 1050. The molecule has 2 heterocycles. The molecule has 0 aliphatic rings. The molecule has 24 heavy (non-hydrogen) atoms. The van der Waals surface area contributed by atoms with Crippen molar-refractivity contribution in [3.8, 4) is 0 Å². The van der Waals surface area contributed by atoms with Gasteiger partial charge in [-0.1, -0.05) is 33.6 Å². The minimum atomic E-state index is 0.549. The smallest absolute Gasteiger partial charge is 0.257 e. The van der Waals surface area contributed by atoms with Crippen LogP contribution in [0.4, 0.5) is 11.5 Å². The molecule has 0 fully saturated rings. The van der Waals surface area contributed by atoms with Crippen LogP contribution in [-0.2, 0) is 0 Å². The van der Waals surface area contributed by atoms with Gasteiger partial charge in [0.2, 0.25) is 0 Å². The lowest BCUT2D eigenvalue weighted by molar-refractivity contribution is 0.989. The van der Waals surface area contributed by atoms with Gasteiger partial charge in [0, 0.05) is 27.1 Å². The zero-order valence-corrected chi connectivity index (χ0v) is 15.2. The van der Waals surface area contributed by atoms with Crippen LogP contribution < -0.4 is 4.90 Å². The first-order valence-corrected chi connectivity index (χ1v) is 8.66. The van der Waals surface area contributed by atoms with Crippen LogP contribution in [0.25, 0.3) is 16.7 Å². The van der Waals surface area contributed by atoms with Crippen molar-refractivity contribution >= 4 is 55.7 Å². The molecule has 4 aromatic rings. The van der Waals surface area contributed by atoms with Crippen molar-refractivity contribution in [1.29, 1.82) is 0 Å². The van der Waals surface area contributed by atoms with Crippen molar-refractivity contribution in [2.75, 3.05) is 11.4 Å². The summed E-state index contributed by atoms with van der Waals surface area (Å²) in [6.45, 7) is 2.86. The summed E-state index contributed by atoms with van der Waals surface area (Å²) in [5.41, 5.74) is 1.99. The number of hydrogen-bond acceptors (Lipinski definition) is 4. The molecular weight excluding hydrogens is 390 g/mol. The highest BCUT2D eigenvalue weighted by Gasteiger charge is 2.16. The van der Waals surface area contributed by atoms with Crippen molar-refractivity contribution in [3.63, 3.8) is 0 Å². The van der Waals surface area contributed by atoms with Gasteiger partial charge in [0.25, 0.3) is 5.78 Å². The number of aromatic nitrogens is 4. The second kappa shape index (κ2) is 6.03. The van der Waals surface area contributed by atoms with Gasteiger partial charge in [0.05, 0.1) is 5.52 Å². The van der Waals surface area contributed by atoms with Crippen LogP contribution in [0.15, 0.2) is 53.3 Å². The molecule has 0 radical (unpaired) electrons. The fourth-order valence-electron chi connectivity index (χ4n) is 2.83. The van der Waals surface area contributed by atoms with E-state index in [0.717, 1.165) is 33.4 Å². The van der Waals surface area contributed by atoms with Gasteiger partial charge in [-0.3, -0.25) is 4.40 Å². The lowest BCUT2D eigenvalue weighted by Gasteiger charge is -2.24. The summed E-state index contributed by atoms with van der Waals surface area (Å²) in [5.74, 6) is 1.39. The molecule has 7 heteroatoms. The van der Waals surface area contributed by atoms with Gasteiger partial charge >= 0.3 is 0 Å². The van der Waals surface area contributed by atoms with Crippen LogP contribution in [0.1, 0.15) is 6.92 Å². The van der Waals surface area contributed by atoms with Gasteiger partial charge in [-0.15, -0.1) is 10.2 Å². The van der Waals surface area contributed by atoms with E-state index < -0.39 is 0 Å². The monoisotopic (exact) mass is 401 g/mol. The van der Waals surface area contributed by atoms with Gasteiger partial charge in [0.15, 0.2) is 0 Å². The van der Waals surface area contributed by atoms with E-state index in [2.05, 4.69) is 50.1 Å². The fourth-order valence-corrected chi connectivity index (χ4v) is 3.38. The van der Waals surface area contributed by atoms with E-state index in [4.69, 9.17) is 16.6 Å².